The summed E-state index contributed by atoms with van der Waals surface area (Å²) in [4.78, 5) is 0. The van der Waals surface area contributed by atoms with Gasteiger partial charge in [-0.2, -0.15) is 0 Å². The van der Waals surface area contributed by atoms with Crippen molar-refractivity contribution >= 4 is 31.0 Å². The van der Waals surface area contributed by atoms with Crippen molar-refractivity contribution in [1.29, 1.82) is 0 Å². The van der Waals surface area contributed by atoms with Gasteiger partial charge in [0.25, 0.3) is 0 Å². The molecule has 0 saturated carbocycles. The highest BCUT2D eigenvalue weighted by Gasteiger charge is 2.16. The molecule has 0 aromatic heterocycles. The Morgan fingerprint density at radius 2 is 1.04 bits per heavy atom. The molecule has 0 aliphatic carbocycles. The van der Waals surface area contributed by atoms with Crippen LogP contribution in [0.1, 0.15) is 11.1 Å². The molecule has 0 spiro atoms. The summed E-state index contributed by atoms with van der Waals surface area (Å²) in [5.74, 6) is -0.369. The van der Waals surface area contributed by atoms with E-state index in [0.29, 0.717) is 33.6 Å². The van der Waals surface area contributed by atoms with Crippen LogP contribution in [0.3, 0.4) is 0 Å². The highest BCUT2D eigenvalue weighted by Crippen LogP contribution is 2.32. The molecule has 0 fully saturated rings. The Morgan fingerprint density at radius 3 is 1.33 bits per heavy atom. The zero-order chi connectivity index (χ0) is 18.1. The van der Waals surface area contributed by atoms with E-state index in [2.05, 4.69) is 0 Å². The monoisotopic (exact) mass is 368 g/mol. The maximum atomic E-state index is 11.7. The highest BCUT2D eigenvalue weighted by atomic mass is 32.2. The smallest absolute Gasteiger partial charge is 0.151 e. The van der Waals surface area contributed by atoms with Crippen molar-refractivity contribution in [2.45, 2.75) is 11.5 Å². The van der Waals surface area contributed by atoms with E-state index in [9.17, 15) is 16.8 Å². The third kappa shape index (κ3) is 4.97. The van der Waals surface area contributed by atoms with E-state index in [1.165, 1.54) is 0 Å². The zero-order valence-electron chi connectivity index (χ0n) is 13.5. The maximum Gasteiger partial charge on any atom is 0.151 e. The van der Waals surface area contributed by atoms with Crippen molar-refractivity contribution in [2.75, 3.05) is 24.0 Å². The lowest BCUT2D eigenvalue weighted by molar-refractivity contribution is 0.599. The van der Waals surface area contributed by atoms with Crippen LogP contribution in [0.15, 0.2) is 36.4 Å². The minimum absolute atomic E-state index is 0.184. The number of nitrogens with two attached hydrogens (primary N) is 2. The van der Waals surface area contributed by atoms with Gasteiger partial charge >= 0.3 is 0 Å². The van der Waals surface area contributed by atoms with Crippen LogP contribution in [0.4, 0.5) is 11.4 Å². The molecular formula is C16H20N2O4S2. The van der Waals surface area contributed by atoms with E-state index in [4.69, 9.17) is 11.5 Å². The molecule has 0 amide bonds. The molecule has 0 heterocycles. The molecule has 8 heteroatoms. The number of benzene rings is 2. The van der Waals surface area contributed by atoms with Crippen LogP contribution in [0, 0.1) is 0 Å². The number of sulfone groups is 2. The molecule has 130 valence electrons. The molecule has 6 nitrogen and oxygen atoms in total. The number of hydrogen-bond donors (Lipinski definition) is 2. The lowest BCUT2D eigenvalue weighted by Crippen LogP contribution is -2.06. The summed E-state index contributed by atoms with van der Waals surface area (Å²) in [6.45, 7) is 0. The third-order valence-electron chi connectivity index (χ3n) is 3.38. The first-order valence-electron chi connectivity index (χ1n) is 7.07. The minimum atomic E-state index is -3.28. The van der Waals surface area contributed by atoms with Crippen LogP contribution in [-0.2, 0) is 31.2 Å². The summed E-state index contributed by atoms with van der Waals surface area (Å²) < 4.78 is 46.8. The van der Waals surface area contributed by atoms with E-state index in [1.807, 2.05) is 0 Å². The fraction of sp³-hybridized carbons (Fsp3) is 0.250. The van der Waals surface area contributed by atoms with E-state index in [1.54, 1.807) is 36.4 Å². The summed E-state index contributed by atoms with van der Waals surface area (Å²) >= 11 is 0. The molecule has 0 bridgehead atoms. The molecule has 4 N–H and O–H groups in total. The maximum absolute atomic E-state index is 11.7. The van der Waals surface area contributed by atoms with Crippen molar-refractivity contribution in [3.63, 3.8) is 0 Å². The lowest BCUT2D eigenvalue weighted by Gasteiger charge is -2.15. The number of hydrogen-bond acceptors (Lipinski definition) is 6. The fourth-order valence-electron chi connectivity index (χ4n) is 2.56. The van der Waals surface area contributed by atoms with Gasteiger partial charge in [0.05, 0.1) is 11.5 Å². The number of nitrogen functional groups attached to an aromatic ring is 2. The second kappa shape index (κ2) is 6.45. The molecule has 0 unspecified atom stereocenters. The van der Waals surface area contributed by atoms with Crippen molar-refractivity contribution in [2.24, 2.45) is 0 Å². The second-order valence-electron chi connectivity index (χ2n) is 5.97. The van der Waals surface area contributed by atoms with Gasteiger partial charge in [-0.05, 0) is 46.5 Å². The van der Waals surface area contributed by atoms with Crippen LogP contribution in [0.25, 0.3) is 11.1 Å². The first-order valence-corrected chi connectivity index (χ1v) is 11.2. The normalized spacial score (nSPS) is 12.2. The van der Waals surface area contributed by atoms with Gasteiger partial charge in [0, 0.05) is 23.9 Å². The van der Waals surface area contributed by atoms with Gasteiger partial charge in [0.1, 0.15) is 0 Å². The Bertz CT molecular complexity index is 900. The van der Waals surface area contributed by atoms with Crippen molar-refractivity contribution in [1.82, 2.24) is 0 Å². The Labute approximate surface area is 142 Å². The van der Waals surface area contributed by atoms with Crippen LogP contribution >= 0.6 is 0 Å². The molecule has 0 aliphatic heterocycles. The van der Waals surface area contributed by atoms with Crippen molar-refractivity contribution in [3.05, 3.63) is 47.5 Å². The molecule has 2 aromatic carbocycles. The average molecular weight is 368 g/mol. The first kappa shape index (κ1) is 18.3. The van der Waals surface area contributed by atoms with Crippen LogP contribution in [-0.4, -0.2) is 29.3 Å². The summed E-state index contributed by atoms with van der Waals surface area (Å²) in [5.41, 5.74) is 14.8. The molecule has 0 aliphatic rings. The van der Waals surface area contributed by atoms with Crippen LogP contribution < -0.4 is 11.5 Å². The Hall–Kier alpha value is -2.06. The molecule has 0 saturated heterocycles. The van der Waals surface area contributed by atoms with E-state index < -0.39 is 19.7 Å². The predicted octanol–water partition coefficient (Wildman–Crippen LogP) is 1.61. The standard InChI is InChI=1S/C16H20N2O4S2/c1-23(19,20)9-11-7-13(17)3-5-15(11)16-6-4-14(18)8-12(16)10-24(2,21)22/h3-8H,9-10,17-18H2,1-2H3. The summed E-state index contributed by atoms with van der Waals surface area (Å²) in [6.07, 6.45) is 2.28. The Morgan fingerprint density at radius 1 is 0.708 bits per heavy atom. The molecule has 2 rings (SSSR count). The molecule has 0 atom stereocenters. The van der Waals surface area contributed by atoms with Gasteiger partial charge in [0.15, 0.2) is 19.7 Å². The molecule has 2 aromatic rings. The zero-order valence-corrected chi connectivity index (χ0v) is 15.1. The summed E-state index contributed by atoms with van der Waals surface area (Å²) in [7, 11) is -6.56. The van der Waals surface area contributed by atoms with Gasteiger partial charge in [0.2, 0.25) is 0 Å². The van der Waals surface area contributed by atoms with Gasteiger partial charge in [-0.25, -0.2) is 16.8 Å². The van der Waals surface area contributed by atoms with E-state index >= 15 is 0 Å². The van der Waals surface area contributed by atoms with Crippen molar-refractivity contribution in [3.8, 4) is 11.1 Å². The predicted molar refractivity (Wildman–Crippen MR) is 97.8 cm³/mol. The summed E-state index contributed by atoms with van der Waals surface area (Å²) in [5, 5.41) is 0. The number of anilines is 2. The summed E-state index contributed by atoms with van der Waals surface area (Å²) in [6, 6.07) is 9.90. The largest absolute Gasteiger partial charge is 0.399 e. The number of rotatable bonds is 5. The van der Waals surface area contributed by atoms with Gasteiger partial charge in [-0.3, -0.25) is 0 Å². The van der Waals surface area contributed by atoms with Gasteiger partial charge < -0.3 is 11.5 Å². The van der Waals surface area contributed by atoms with Crippen molar-refractivity contribution < 1.29 is 16.8 Å². The highest BCUT2D eigenvalue weighted by molar-refractivity contribution is 7.90. The topological polar surface area (TPSA) is 120 Å². The Balaban J connectivity index is 2.68. The van der Waals surface area contributed by atoms with E-state index in [-0.39, 0.29) is 11.5 Å². The molecule has 0 radical (unpaired) electrons. The van der Waals surface area contributed by atoms with Gasteiger partial charge in [-0.1, -0.05) is 12.1 Å². The quantitative estimate of drug-likeness (QED) is 0.774. The lowest BCUT2D eigenvalue weighted by atomic mass is 9.96. The fourth-order valence-corrected chi connectivity index (χ4v) is 4.16. The van der Waals surface area contributed by atoms with Gasteiger partial charge in [-0.15, -0.1) is 0 Å². The minimum Gasteiger partial charge on any atom is -0.399 e. The molecule has 24 heavy (non-hydrogen) atoms. The van der Waals surface area contributed by atoms with E-state index in [0.717, 1.165) is 12.5 Å². The SMILES string of the molecule is CS(=O)(=O)Cc1cc(N)ccc1-c1ccc(N)cc1CS(C)(=O)=O. The molecular weight excluding hydrogens is 348 g/mol. The second-order valence-corrected chi connectivity index (χ2v) is 10.3. The van der Waals surface area contributed by atoms with Crippen LogP contribution in [0.2, 0.25) is 0 Å². The first-order chi connectivity index (χ1) is 10.9. The van der Waals surface area contributed by atoms with Crippen LogP contribution in [0.5, 0.6) is 0 Å². The average Bonchev–Trinajstić information content (AvgIpc) is 2.36. The third-order valence-corrected chi connectivity index (χ3v) is 5.05. The Kier molecular flexibility index (Phi) is 4.91.